The highest BCUT2D eigenvalue weighted by atomic mass is 16.6. The molecule has 9 nitrogen and oxygen atoms in total. The Kier molecular flexibility index (Phi) is 6.27. The van der Waals surface area contributed by atoms with Gasteiger partial charge in [-0.1, -0.05) is 24.3 Å². The first kappa shape index (κ1) is 21.1. The number of nitro groups is 2. The number of carbonyl (C=O) groups is 2. The molecular formula is C22H14N2O7. The Morgan fingerprint density at radius 3 is 1.65 bits per heavy atom. The first-order valence-corrected chi connectivity index (χ1v) is 8.87. The predicted molar refractivity (Wildman–Crippen MR) is 111 cm³/mol. The first-order chi connectivity index (χ1) is 14.8. The van der Waals surface area contributed by atoms with Crippen molar-refractivity contribution in [2.24, 2.45) is 0 Å². The Hall–Kier alpha value is -4.66. The van der Waals surface area contributed by atoms with Crippen molar-refractivity contribution >= 4 is 29.2 Å². The normalized spacial score (nSPS) is 10.6. The van der Waals surface area contributed by atoms with Crippen molar-refractivity contribution in [2.75, 3.05) is 0 Å². The van der Waals surface area contributed by atoms with Crippen molar-refractivity contribution in [3.8, 4) is 5.75 Å². The number of benzene rings is 3. The molecule has 3 rings (SSSR count). The second-order valence-corrected chi connectivity index (χ2v) is 6.26. The van der Waals surface area contributed by atoms with Crippen molar-refractivity contribution in [2.45, 2.75) is 0 Å². The molecule has 0 aliphatic carbocycles. The molecule has 31 heavy (non-hydrogen) atoms. The van der Waals surface area contributed by atoms with E-state index in [1.165, 1.54) is 60.7 Å². The number of esters is 1. The van der Waals surface area contributed by atoms with Crippen LogP contribution in [0.4, 0.5) is 11.4 Å². The van der Waals surface area contributed by atoms with Gasteiger partial charge in [0.25, 0.3) is 11.4 Å². The van der Waals surface area contributed by atoms with Gasteiger partial charge in [0.1, 0.15) is 5.75 Å². The average Bonchev–Trinajstić information content (AvgIpc) is 2.78. The number of nitro benzene ring substituents is 2. The van der Waals surface area contributed by atoms with Crippen LogP contribution in [0.25, 0.3) is 6.08 Å². The van der Waals surface area contributed by atoms with Crippen LogP contribution in [-0.4, -0.2) is 21.6 Å². The molecule has 0 aliphatic heterocycles. The summed E-state index contributed by atoms with van der Waals surface area (Å²) in [6.45, 7) is 0. The van der Waals surface area contributed by atoms with E-state index < -0.39 is 15.8 Å². The molecule has 0 saturated heterocycles. The molecule has 0 N–H and O–H groups in total. The Balaban J connectivity index is 1.62. The smallest absolute Gasteiger partial charge is 0.336 e. The molecule has 0 bridgehead atoms. The van der Waals surface area contributed by atoms with Crippen LogP contribution in [0, 0.1) is 20.2 Å². The van der Waals surface area contributed by atoms with E-state index in [4.69, 9.17) is 4.74 Å². The maximum absolute atomic E-state index is 12.5. The zero-order chi connectivity index (χ0) is 22.4. The Bertz CT molecular complexity index is 1170. The highest BCUT2D eigenvalue weighted by Crippen LogP contribution is 2.18. The average molecular weight is 418 g/mol. The van der Waals surface area contributed by atoms with Crippen LogP contribution in [0.5, 0.6) is 5.75 Å². The molecule has 154 valence electrons. The number of carbonyl (C=O) groups excluding carboxylic acids is 2. The molecule has 0 saturated carbocycles. The second-order valence-electron chi connectivity index (χ2n) is 6.26. The first-order valence-electron chi connectivity index (χ1n) is 8.87. The predicted octanol–water partition coefficient (Wildman–Crippen LogP) is 4.35. The van der Waals surface area contributed by atoms with Crippen LogP contribution >= 0.6 is 0 Å². The van der Waals surface area contributed by atoms with Crippen molar-refractivity contribution in [1.82, 2.24) is 0 Å². The summed E-state index contributed by atoms with van der Waals surface area (Å²) in [5.74, 6) is -0.785. The van der Waals surface area contributed by atoms with Gasteiger partial charge in [-0.05, 0) is 35.9 Å². The minimum absolute atomic E-state index is 0.0994. The molecule has 0 aromatic heterocycles. The van der Waals surface area contributed by atoms with Crippen molar-refractivity contribution in [1.29, 1.82) is 0 Å². The number of non-ortho nitro benzene ring substituents is 2. The number of hydrogen-bond acceptors (Lipinski definition) is 7. The minimum atomic E-state index is -0.667. The lowest BCUT2D eigenvalue weighted by molar-refractivity contribution is -0.385. The second kappa shape index (κ2) is 9.23. The van der Waals surface area contributed by atoms with Crippen molar-refractivity contribution in [3.63, 3.8) is 0 Å². The zero-order valence-corrected chi connectivity index (χ0v) is 15.8. The van der Waals surface area contributed by atoms with E-state index in [-0.39, 0.29) is 22.9 Å². The molecule has 0 amide bonds. The van der Waals surface area contributed by atoms with Crippen molar-refractivity contribution in [3.05, 3.63) is 116 Å². The highest BCUT2D eigenvalue weighted by molar-refractivity contribution is 6.09. The Morgan fingerprint density at radius 1 is 0.710 bits per heavy atom. The molecule has 9 heteroatoms. The summed E-state index contributed by atoms with van der Waals surface area (Å²) in [6.07, 6.45) is 2.68. The number of hydrogen-bond donors (Lipinski definition) is 0. The Labute approximate surface area is 175 Å². The Morgan fingerprint density at radius 2 is 1.16 bits per heavy atom. The van der Waals surface area contributed by atoms with Gasteiger partial charge in [0, 0.05) is 41.5 Å². The fourth-order valence-electron chi connectivity index (χ4n) is 2.60. The molecule has 0 aliphatic rings. The highest BCUT2D eigenvalue weighted by Gasteiger charge is 2.11. The fraction of sp³-hybridized carbons (Fsp3) is 0. The van der Waals surface area contributed by atoms with E-state index in [0.717, 1.165) is 0 Å². The lowest BCUT2D eigenvalue weighted by Crippen LogP contribution is -2.03. The monoisotopic (exact) mass is 418 g/mol. The van der Waals surface area contributed by atoms with Gasteiger partial charge in [-0.15, -0.1) is 0 Å². The van der Waals surface area contributed by atoms with Gasteiger partial charge in [-0.25, -0.2) is 4.79 Å². The SMILES string of the molecule is O=C(/C=C/c1ccc(C(=O)c2ccc([N+](=O)[O-])cc2)cc1)Oc1ccc([N+](=O)[O-])cc1. The molecule has 0 unspecified atom stereocenters. The number of ketones is 1. The van der Waals surface area contributed by atoms with Gasteiger partial charge in [0.05, 0.1) is 9.85 Å². The van der Waals surface area contributed by atoms with E-state index in [1.807, 2.05) is 0 Å². The van der Waals surface area contributed by atoms with Gasteiger partial charge in [-0.2, -0.15) is 0 Å². The topological polar surface area (TPSA) is 130 Å². The lowest BCUT2D eigenvalue weighted by Gasteiger charge is -2.02. The van der Waals surface area contributed by atoms with Crippen LogP contribution in [-0.2, 0) is 4.79 Å². The standard InChI is InChI=1S/C22H14N2O7/c25-21(31-20-12-10-19(11-13-20)24(29)30)14-3-15-1-4-16(5-2-15)22(26)17-6-8-18(9-7-17)23(27)28/h1-14H/b14-3+. The summed E-state index contributed by atoms with van der Waals surface area (Å²) in [4.78, 5) is 44.6. The van der Waals surface area contributed by atoms with Gasteiger partial charge in [0.15, 0.2) is 5.78 Å². The van der Waals surface area contributed by atoms with Gasteiger partial charge < -0.3 is 4.74 Å². The molecule has 0 heterocycles. The zero-order valence-electron chi connectivity index (χ0n) is 15.8. The molecule has 3 aromatic carbocycles. The molecule has 3 aromatic rings. The van der Waals surface area contributed by atoms with E-state index in [1.54, 1.807) is 24.3 Å². The lowest BCUT2D eigenvalue weighted by atomic mass is 10.0. The van der Waals surface area contributed by atoms with E-state index in [9.17, 15) is 29.8 Å². The number of ether oxygens (including phenoxy) is 1. The molecule has 0 fully saturated rings. The summed E-state index contributed by atoms with van der Waals surface area (Å²) in [7, 11) is 0. The van der Waals surface area contributed by atoms with Crippen LogP contribution in [0.3, 0.4) is 0 Å². The van der Waals surface area contributed by atoms with E-state index in [0.29, 0.717) is 16.7 Å². The third kappa shape index (κ3) is 5.45. The third-order valence-corrected chi connectivity index (χ3v) is 4.19. The van der Waals surface area contributed by atoms with E-state index in [2.05, 4.69) is 0 Å². The van der Waals surface area contributed by atoms with Crippen LogP contribution in [0.1, 0.15) is 21.5 Å². The summed E-state index contributed by atoms with van der Waals surface area (Å²) in [5.41, 5.74) is 1.14. The quantitative estimate of drug-likeness (QED) is 0.139. The maximum atomic E-state index is 12.5. The van der Waals surface area contributed by atoms with Gasteiger partial charge in [0.2, 0.25) is 0 Å². The molecule has 0 atom stereocenters. The van der Waals surface area contributed by atoms with Crippen LogP contribution in [0.2, 0.25) is 0 Å². The van der Waals surface area contributed by atoms with Gasteiger partial charge in [-0.3, -0.25) is 25.0 Å². The molecule has 0 radical (unpaired) electrons. The van der Waals surface area contributed by atoms with Gasteiger partial charge >= 0.3 is 5.97 Å². The maximum Gasteiger partial charge on any atom is 0.336 e. The summed E-state index contributed by atoms with van der Waals surface area (Å²) >= 11 is 0. The van der Waals surface area contributed by atoms with Crippen molar-refractivity contribution < 1.29 is 24.2 Å². The summed E-state index contributed by atoms with van der Waals surface area (Å²) < 4.78 is 5.07. The summed E-state index contributed by atoms with van der Waals surface area (Å²) in [5, 5.41) is 21.3. The largest absolute Gasteiger partial charge is 0.423 e. The number of rotatable bonds is 7. The fourth-order valence-corrected chi connectivity index (χ4v) is 2.60. The third-order valence-electron chi connectivity index (χ3n) is 4.19. The van der Waals surface area contributed by atoms with Crippen LogP contribution < -0.4 is 4.74 Å². The minimum Gasteiger partial charge on any atom is -0.423 e. The van der Waals surface area contributed by atoms with E-state index >= 15 is 0 Å². The molecular weight excluding hydrogens is 404 g/mol. The van der Waals surface area contributed by atoms with Crippen LogP contribution in [0.15, 0.2) is 78.9 Å². The number of nitrogens with zero attached hydrogens (tertiary/aromatic N) is 2. The summed E-state index contributed by atoms with van der Waals surface area (Å²) in [6, 6.07) is 16.8. The molecule has 0 spiro atoms.